The third-order valence-electron chi connectivity index (χ3n) is 6.36. The molecule has 4 bridgehead atoms. The van der Waals surface area contributed by atoms with Crippen LogP contribution in [0.3, 0.4) is 0 Å². The summed E-state index contributed by atoms with van der Waals surface area (Å²) in [5.74, 6) is 4.06. The predicted molar refractivity (Wildman–Crippen MR) is 64.5 cm³/mol. The molecule has 0 heterocycles. The fraction of sp³-hybridized carbons (Fsp3) is 0.933. The van der Waals surface area contributed by atoms with Gasteiger partial charge in [-0.2, -0.15) is 0 Å². The molecule has 2 nitrogen and oxygen atoms in total. The van der Waals surface area contributed by atoms with Crippen molar-refractivity contribution < 1.29 is 9.90 Å². The van der Waals surface area contributed by atoms with Gasteiger partial charge in [0.15, 0.2) is 0 Å². The highest BCUT2D eigenvalue weighted by Gasteiger charge is 2.56. The zero-order valence-corrected chi connectivity index (χ0v) is 10.4. The summed E-state index contributed by atoms with van der Waals surface area (Å²) in [6.45, 7) is 0. The van der Waals surface area contributed by atoms with Gasteiger partial charge in [-0.15, -0.1) is 0 Å². The van der Waals surface area contributed by atoms with Crippen molar-refractivity contribution in [2.45, 2.75) is 51.4 Å². The molecule has 17 heavy (non-hydrogen) atoms. The van der Waals surface area contributed by atoms with Crippen LogP contribution in [0.15, 0.2) is 0 Å². The molecule has 5 aliphatic rings. The van der Waals surface area contributed by atoms with Crippen LogP contribution in [0.1, 0.15) is 51.4 Å². The van der Waals surface area contributed by atoms with Crippen LogP contribution in [0.5, 0.6) is 0 Å². The Morgan fingerprint density at radius 1 is 1.00 bits per heavy atom. The average Bonchev–Trinajstić information content (AvgIpc) is 3.03. The molecule has 94 valence electrons. The van der Waals surface area contributed by atoms with Crippen LogP contribution >= 0.6 is 0 Å². The van der Waals surface area contributed by atoms with E-state index in [0.717, 1.165) is 48.9 Å². The highest BCUT2D eigenvalue weighted by Crippen LogP contribution is 2.62. The molecule has 0 aliphatic heterocycles. The minimum atomic E-state index is -0.508. The van der Waals surface area contributed by atoms with Crippen molar-refractivity contribution in [3.8, 4) is 0 Å². The van der Waals surface area contributed by atoms with Crippen LogP contribution in [0.25, 0.3) is 0 Å². The van der Waals surface area contributed by atoms with Gasteiger partial charge in [-0.25, -0.2) is 0 Å². The zero-order valence-electron chi connectivity index (χ0n) is 10.4. The first-order valence-corrected chi connectivity index (χ1v) is 7.40. The minimum absolute atomic E-state index is 0.278. The monoisotopic (exact) mass is 234 g/mol. The van der Waals surface area contributed by atoms with Gasteiger partial charge in [0.1, 0.15) is 0 Å². The van der Waals surface area contributed by atoms with E-state index < -0.39 is 5.97 Å². The Morgan fingerprint density at radius 2 is 1.53 bits per heavy atom. The Kier molecular flexibility index (Phi) is 2.00. The second kappa shape index (κ2) is 3.27. The van der Waals surface area contributed by atoms with Gasteiger partial charge < -0.3 is 5.11 Å². The van der Waals surface area contributed by atoms with E-state index in [1.165, 1.54) is 32.1 Å². The summed E-state index contributed by atoms with van der Waals surface area (Å²) < 4.78 is 0. The highest BCUT2D eigenvalue weighted by atomic mass is 16.4. The number of aliphatic carboxylic acids is 1. The average molecular weight is 234 g/mol. The van der Waals surface area contributed by atoms with Crippen molar-refractivity contribution in [2.24, 2.45) is 35.0 Å². The molecular weight excluding hydrogens is 212 g/mol. The maximum absolute atomic E-state index is 11.4. The molecule has 1 N–H and O–H groups in total. The first kappa shape index (κ1) is 10.4. The topological polar surface area (TPSA) is 37.3 Å². The normalized spacial score (nSPS) is 49.3. The van der Waals surface area contributed by atoms with E-state index in [1.54, 1.807) is 0 Å². The van der Waals surface area contributed by atoms with Crippen LogP contribution in [0, 0.1) is 35.0 Å². The van der Waals surface area contributed by atoms with Crippen molar-refractivity contribution in [3.05, 3.63) is 0 Å². The molecule has 5 saturated carbocycles. The Labute approximate surface area is 103 Å². The maximum atomic E-state index is 11.4. The molecule has 0 amide bonds. The lowest BCUT2D eigenvalue weighted by Crippen LogP contribution is -2.46. The Morgan fingerprint density at radius 3 is 1.94 bits per heavy atom. The van der Waals surface area contributed by atoms with Gasteiger partial charge in [-0.3, -0.25) is 4.79 Å². The molecule has 5 rings (SSSR count). The molecule has 5 fully saturated rings. The van der Waals surface area contributed by atoms with Crippen molar-refractivity contribution in [1.29, 1.82) is 0 Å². The Hall–Kier alpha value is -0.530. The summed E-state index contributed by atoms with van der Waals surface area (Å²) >= 11 is 0. The molecule has 0 radical (unpaired) electrons. The Balaban J connectivity index is 1.53. The molecule has 5 aliphatic carbocycles. The van der Waals surface area contributed by atoms with Gasteiger partial charge in [0.25, 0.3) is 0 Å². The molecule has 0 aromatic rings. The van der Waals surface area contributed by atoms with Crippen molar-refractivity contribution in [2.75, 3.05) is 0 Å². The van der Waals surface area contributed by atoms with Gasteiger partial charge in [0.2, 0.25) is 0 Å². The molecule has 0 atom stereocenters. The van der Waals surface area contributed by atoms with Gasteiger partial charge in [-0.05, 0) is 81.0 Å². The van der Waals surface area contributed by atoms with Gasteiger partial charge >= 0.3 is 5.97 Å². The van der Waals surface area contributed by atoms with Crippen LogP contribution < -0.4 is 0 Å². The van der Waals surface area contributed by atoms with E-state index in [0.29, 0.717) is 0 Å². The number of carboxylic acid groups (broad SMARTS) is 1. The molecule has 0 spiro atoms. The summed E-state index contributed by atoms with van der Waals surface area (Å²) in [6.07, 6.45) is 10.1. The lowest BCUT2D eigenvalue weighted by Gasteiger charge is -2.55. The van der Waals surface area contributed by atoms with E-state index in [-0.39, 0.29) is 5.41 Å². The van der Waals surface area contributed by atoms with E-state index >= 15 is 0 Å². The fourth-order valence-electron chi connectivity index (χ4n) is 5.48. The molecule has 0 unspecified atom stereocenters. The number of carbonyl (C=O) groups is 1. The van der Waals surface area contributed by atoms with Gasteiger partial charge in [0, 0.05) is 0 Å². The predicted octanol–water partition coefficient (Wildman–Crippen LogP) is 3.31. The highest BCUT2D eigenvalue weighted by molar-refractivity contribution is 5.77. The number of rotatable bonds is 3. The minimum Gasteiger partial charge on any atom is -0.481 e. The van der Waals surface area contributed by atoms with E-state index in [1.807, 2.05) is 0 Å². The maximum Gasteiger partial charge on any atom is 0.309 e. The van der Waals surface area contributed by atoms with Crippen LogP contribution in [0.2, 0.25) is 0 Å². The van der Waals surface area contributed by atoms with Crippen LogP contribution in [-0.4, -0.2) is 11.1 Å². The lowest BCUT2D eigenvalue weighted by molar-refractivity contribution is -0.145. The summed E-state index contributed by atoms with van der Waals surface area (Å²) in [4.78, 5) is 11.4. The first-order valence-electron chi connectivity index (χ1n) is 7.40. The van der Waals surface area contributed by atoms with Crippen molar-refractivity contribution >= 4 is 5.97 Å². The zero-order chi connectivity index (χ0) is 11.6. The second-order valence-corrected chi connectivity index (χ2v) is 7.38. The van der Waals surface area contributed by atoms with Gasteiger partial charge in [-0.1, -0.05) is 0 Å². The molecular formula is C15H22O2. The third-order valence-corrected chi connectivity index (χ3v) is 6.36. The quantitative estimate of drug-likeness (QED) is 0.813. The lowest BCUT2D eigenvalue weighted by atomic mass is 9.50. The number of hydrogen-bond acceptors (Lipinski definition) is 1. The first-order chi connectivity index (χ1) is 8.16. The second-order valence-electron chi connectivity index (χ2n) is 7.38. The Bertz CT molecular complexity index is 328. The molecule has 0 saturated heterocycles. The van der Waals surface area contributed by atoms with Gasteiger partial charge in [0.05, 0.1) is 5.41 Å². The molecule has 0 aromatic carbocycles. The fourth-order valence-corrected chi connectivity index (χ4v) is 5.48. The summed E-state index contributed by atoms with van der Waals surface area (Å²) in [5.41, 5.74) is -0.278. The standard InChI is InChI=1S/C15H22O2/c16-14(17)15(1-2-15)8-13-11-4-9-3-10(6-11)7-12(13)5-9/h9-13H,1-8H2,(H,16,17). The van der Waals surface area contributed by atoms with E-state index in [4.69, 9.17) is 0 Å². The van der Waals surface area contributed by atoms with E-state index in [2.05, 4.69) is 0 Å². The molecule has 0 aromatic heterocycles. The smallest absolute Gasteiger partial charge is 0.309 e. The summed E-state index contributed by atoms with van der Waals surface area (Å²) in [5, 5.41) is 9.36. The van der Waals surface area contributed by atoms with Crippen molar-refractivity contribution in [1.82, 2.24) is 0 Å². The molecule has 2 heteroatoms. The largest absolute Gasteiger partial charge is 0.481 e. The van der Waals surface area contributed by atoms with Crippen molar-refractivity contribution in [3.63, 3.8) is 0 Å². The van der Waals surface area contributed by atoms with E-state index in [9.17, 15) is 9.90 Å². The SMILES string of the molecule is O=C(O)C1(CC2C3CC4CC(C3)CC2C4)CC1. The summed E-state index contributed by atoms with van der Waals surface area (Å²) in [6, 6.07) is 0. The van der Waals surface area contributed by atoms with Crippen LogP contribution in [0.4, 0.5) is 0 Å². The number of hydrogen-bond donors (Lipinski definition) is 1. The third kappa shape index (κ3) is 1.49. The number of carboxylic acids is 1. The summed E-state index contributed by atoms with van der Waals surface area (Å²) in [7, 11) is 0. The van der Waals surface area contributed by atoms with Crippen LogP contribution in [-0.2, 0) is 4.79 Å².